The number of hydrogen-bond acceptors (Lipinski definition) is 6. The molecule has 0 atom stereocenters. The number of fused-ring (bicyclic) bond motifs is 1. The third kappa shape index (κ3) is 3.88. The molecule has 0 bridgehead atoms. The Balaban J connectivity index is 1.38. The van der Waals surface area contributed by atoms with Crippen molar-refractivity contribution < 1.29 is 17.6 Å². The molecule has 2 aromatic rings. The number of carbonyl (C=O) groups is 1. The van der Waals surface area contributed by atoms with Crippen molar-refractivity contribution >= 4 is 27.3 Å². The van der Waals surface area contributed by atoms with Gasteiger partial charge in [0.1, 0.15) is 10.7 Å². The van der Waals surface area contributed by atoms with E-state index in [1.165, 1.54) is 33.8 Å². The molecule has 7 nitrogen and oxygen atoms in total. The van der Waals surface area contributed by atoms with E-state index in [4.69, 9.17) is 4.42 Å². The summed E-state index contributed by atoms with van der Waals surface area (Å²) in [6.45, 7) is 3.07. The molecule has 0 unspecified atom stereocenters. The molecule has 3 heterocycles. The number of nitrogens with one attached hydrogen (secondary N) is 1. The summed E-state index contributed by atoms with van der Waals surface area (Å²) in [6, 6.07) is 1.35. The summed E-state index contributed by atoms with van der Waals surface area (Å²) in [7, 11) is -3.60. The van der Waals surface area contributed by atoms with Crippen molar-refractivity contribution in [2.45, 2.75) is 56.8 Å². The van der Waals surface area contributed by atoms with E-state index in [-0.39, 0.29) is 16.4 Å². The predicted octanol–water partition coefficient (Wildman–Crippen LogP) is 2.68. The van der Waals surface area contributed by atoms with Gasteiger partial charge in [0.05, 0.1) is 10.7 Å². The number of hydrogen-bond donors (Lipinski definition) is 1. The molecule has 1 fully saturated rings. The monoisotopic (exact) mass is 423 g/mol. The molecule has 0 radical (unpaired) electrons. The van der Waals surface area contributed by atoms with Crippen LogP contribution in [0.4, 0.5) is 0 Å². The van der Waals surface area contributed by atoms with Gasteiger partial charge in [0.2, 0.25) is 10.0 Å². The predicted molar refractivity (Wildman–Crippen MR) is 106 cm³/mol. The van der Waals surface area contributed by atoms with Crippen LogP contribution in [0.15, 0.2) is 15.4 Å². The number of sulfonamides is 1. The second-order valence-electron chi connectivity index (χ2n) is 7.33. The number of amides is 1. The minimum absolute atomic E-state index is 0.0358. The number of nitrogens with zero attached hydrogens (tertiary/aromatic N) is 2. The Morgan fingerprint density at radius 1 is 1.25 bits per heavy atom. The molecule has 152 valence electrons. The zero-order chi connectivity index (χ0) is 19.7. The van der Waals surface area contributed by atoms with Crippen LogP contribution in [-0.2, 0) is 29.3 Å². The summed E-state index contributed by atoms with van der Waals surface area (Å²) < 4.78 is 32.3. The molecule has 1 aliphatic heterocycles. The first-order valence-electron chi connectivity index (χ1n) is 9.81. The number of aryl methyl sites for hydroxylation is 3. The van der Waals surface area contributed by atoms with E-state index < -0.39 is 15.9 Å². The Kier molecular flexibility index (Phi) is 5.57. The lowest BCUT2D eigenvalue weighted by atomic mass is 10.0. The zero-order valence-corrected chi connectivity index (χ0v) is 17.6. The molecule has 2 aliphatic rings. The highest BCUT2D eigenvalue weighted by Crippen LogP contribution is 2.27. The van der Waals surface area contributed by atoms with E-state index in [0.717, 1.165) is 30.7 Å². The first kappa shape index (κ1) is 19.6. The van der Waals surface area contributed by atoms with E-state index in [0.29, 0.717) is 26.1 Å². The van der Waals surface area contributed by atoms with Crippen molar-refractivity contribution in [2.24, 2.45) is 0 Å². The highest BCUT2D eigenvalue weighted by atomic mass is 32.2. The molecule has 1 aliphatic carbocycles. The molecule has 0 saturated carbocycles. The maximum atomic E-state index is 12.7. The summed E-state index contributed by atoms with van der Waals surface area (Å²) in [5, 5.41) is 3.86. The Hall–Kier alpha value is -1.71. The number of thiazole rings is 1. The zero-order valence-electron chi connectivity index (χ0n) is 16.0. The summed E-state index contributed by atoms with van der Waals surface area (Å²) >= 11 is 1.74. The molecule has 0 aromatic carbocycles. The van der Waals surface area contributed by atoms with Crippen molar-refractivity contribution in [3.63, 3.8) is 0 Å². The number of aromatic nitrogens is 1. The number of furan rings is 1. The minimum atomic E-state index is -3.60. The van der Waals surface area contributed by atoms with Crippen LogP contribution in [0, 0.1) is 6.92 Å². The van der Waals surface area contributed by atoms with E-state index in [9.17, 15) is 13.2 Å². The first-order valence-corrected chi connectivity index (χ1v) is 12.1. The number of carbonyl (C=O) groups excluding carboxylic acids is 1. The van der Waals surface area contributed by atoms with Crippen LogP contribution >= 0.6 is 11.3 Å². The molecule has 1 saturated heterocycles. The van der Waals surface area contributed by atoms with Gasteiger partial charge >= 0.3 is 0 Å². The first-order chi connectivity index (χ1) is 13.4. The quantitative estimate of drug-likeness (QED) is 0.771. The molecular formula is C19H25N3O4S2. The lowest BCUT2D eigenvalue weighted by Gasteiger charge is -2.14. The Morgan fingerprint density at radius 2 is 2.00 bits per heavy atom. The number of rotatable bonds is 6. The van der Waals surface area contributed by atoms with Crippen molar-refractivity contribution in [3.05, 3.63) is 33.2 Å². The van der Waals surface area contributed by atoms with Crippen molar-refractivity contribution in [2.75, 3.05) is 19.6 Å². The average Bonchev–Trinajstić information content (AvgIpc) is 3.40. The van der Waals surface area contributed by atoms with E-state index in [2.05, 4.69) is 10.3 Å². The molecule has 1 N–H and O–H groups in total. The van der Waals surface area contributed by atoms with E-state index in [1.54, 1.807) is 18.3 Å². The van der Waals surface area contributed by atoms with Crippen LogP contribution in [0.25, 0.3) is 0 Å². The fraction of sp³-hybridized carbons (Fsp3) is 0.579. The molecule has 9 heteroatoms. The Bertz CT molecular complexity index is 948. The van der Waals surface area contributed by atoms with Crippen LogP contribution in [-0.4, -0.2) is 43.2 Å². The van der Waals surface area contributed by atoms with Crippen molar-refractivity contribution in [1.82, 2.24) is 14.6 Å². The maximum Gasteiger partial charge on any atom is 0.287 e. The van der Waals surface area contributed by atoms with Crippen LogP contribution in [0.2, 0.25) is 0 Å². The SMILES string of the molecule is Cc1oc(C(=O)NCCc2nc3c(s2)CCCC3)cc1S(=O)(=O)N1CCCC1. The summed E-state index contributed by atoms with van der Waals surface area (Å²) in [5.74, 6) is -0.106. The summed E-state index contributed by atoms with van der Waals surface area (Å²) in [4.78, 5) is 18.6. The molecule has 28 heavy (non-hydrogen) atoms. The largest absolute Gasteiger partial charge is 0.455 e. The Labute approximate surface area is 169 Å². The molecule has 1 amide bonds. The third-order valence-corrected chi connectivity index (χ3v) is 8.52. The Morgan fingerprint density at radius 3 is 2.75 bits per heavy atom. The van der Waals surface area contributed by atoms with Crippen molar-refractivity contribution in [1.29, 1.82) is 0 Å². The fourth-order valence-corrected chi connectivity index (χ4v) is 6.62. The normalized spacial score (nSPS) is 17.6. The van der Waals surface area contributed by atoms with Gasteiger partial charge in [-0.2, -0.15) is 4.31 Å². The smallest absolute Gasteiger partial charge is 0.287 e. The van der Waals surface area contributed by atoms with Gasteiger partial charge in [-0.1, -0.05) is 0 Å². The summed E-state index contributed by atoms with van der Waals surface area (Å²) in [5.41, 5.74) is 1.22. The van der Waals surface area contributed by atoms with Gasteiger partial charge in [0, 0.05) is 37.0 Å². The fourth-order valence-electron chi connectivity index (χ4n) is 3.78. The van der Waals surface area contributed by atoms with Gasteiger partial charge in [0.25, 0.3) is 5.91 Å². The van der Waals surface area contributed by atoms with Crippen molar-refractivity contribution in [3.8, 4) is 0 Å². The highest BCUT2D eigenvalue weighted by molar-refractivity contribution is 7.89. The minimum Gasteiger partial charge on any atom is -0.455 e. The van der Waals surface area contributed by atoms with Crippen LogP contribution in [0.5, 0.6) is 0 Å². The second-order valence-corrected chi connectivity index (χ2v) is 10.4. The van der Waals surface area contributed by atoms with Crippen LogP contribution in [0.3, 0.4) is 0 Å². The van der Waals surface area contributed by atoms with Crippen LogP contribution < -0.4 is 5.32 Å². The average molecular weight is 424 g/mol. The van der Waals surface area contributed by atoms with Gasteiger partial charge < -0.3 is 9.73 Å². The third-order valence-electron chi connectivity index (χ3n) is 5.29. The lowest BCUT2D eigenvalue weighted by molar-refractivity contribution is 0.0925. The van der Waals surface area contributed by atoms with Crippen LogP contribution in [0.1, 0.15) is 57.6 Å². The highest BCUT2D eigenvalue weighted by Gasteiger charge is 2.31. The van der Waals surface area contributed by atoms with Gasteiger partial charge in [-0.3, -0.25) is 4.79 Å². The topological polar surface area (TPSA) is 92.5 Å². The second kappa shape index (κ2) is 7.96. The molecule has 4 rings (SSSR count). The standard InChI is InChI=1S/C19H25N3O4S2/c1-13-17(28(24,25)22-10-4-5-11-22)12-15(26-13)19(23)20-9-8-18-21-14-6-2-3-7-16(14)27-18/h12H,2-11H2,1H3,(H,20,23). The van der Waals surface area contributed by atoms with Gasteiger partial charge in [-0.25, -0.2) is 13.4 Å². The lowest BCUT2D eigenvalue weighted by Crippen LogP contribution is -2.28. The molecule has 2 aromatic heterocycles. The van der Waals surface area contributed by atoms with Gasteiger partial charge in [0.15, 0.2) is 5.76 Å². The summed E-state index contributed by atoms with van der Waals surface area (Å²) in [6.07, 6.45) is 6.99. The van der Waals surface area contributed by atoms with Gasteiger partial charge in [-0.15, -0.1) is 11.3 Å². The van der Waals surface area contributed by atoms with E-state index in [1.807, 2.05) is 0 Å². The van der Waals surface area contributed by atoms with Gasteiger partial charge in [-0.05, 0) is 45.4 Å². The maximum absolute atomic E-state index is 12.7. The van der Waals surface area contributed by atoms with E-state index >= 15 is 0 Å². The molecule has 0 spiro atoms. The molecular weight excluding hydrogens is 398 g/mol.